The fourth-order valence-electron chi connectivity index (χ4n) is 2.91. The molecule has 2 amide bonds. The fourth-order valence-corrected chi connectivity index (χ4v) is 2.91. The van der Waals surface area contributed by atoms with Gasteiger partial charge in [-0.15, -0.1) is 0 Å². The maximum atomic E-state index is 12.5. The van der Waals surface area contributed by atoms with Crippen LogP contribution in [0.4, 0.5) is 10.7 Å². The molecule has 128 valence electrons. The van der Waals surface area contributed by atoms with E-state index in [4.69, 9.17) is 4.42 Å². The summed E-state index contributed by atoms with van der Waals surface area (Å²) < 4.78 is 5.33. The monoisotopic (exact) mass is 329 g/mol. The number of urea groups is 1. The normalized spacial score (nSPS) is 17.5. The summed E-state index contributed by atoms with van der Waals surface area (Å²) in [7, 11) is 0. The maximum absolute atomic E-state index is 12.5. The van der Waals surface area contributed by atoms with Gasteiger partial charge < -0.3 is 19.5 Å². The molecule has 1 N–H and O–H groups in total. The number of amides is 2. The molecule has 0 spiro atoms. The Morgan fingerprint density at radius 1 is 1.42 bits per heavy atom. The lowest BCUT2D eigenvalue weighted by molar-refractivity contribution is 0.188. The number of aromatic nitrogens is 2. The van der Waals surface area contributed by atoms with Crippen molar-refractivity contribution in [3.8, 4) is 0 Å². The number of nitrogens with one attached hydrogen (secondary N) is 1. The molecular formula is C17H23N5O2. The van der Waals surface area contributed by atoms with Crippen LogP contribution in [0.5, 0.6) is 0 Å². The minimum absolute atomic E-state index is 0.0604. The van der Waals surface area contributed by atoms with Crippen LogP contribution in [-0.2, 0) is 6.54 Å². The van der Waals surface area contributed by atoms with Crippen molar-refractivity contribution in [2.45, 2.75) is 32.4 Å². The third-order valence-corrected chi connectivity index (χ3v) is 4.18. The highest BCUT2D eigenvalue weighted by atomic mass is 16.3. The number of hydrogen-bond acceptors (Lipinski definition) is 5. The van der Waals surface area contributed by atoms with Crippen LogP contribution in [0, 0.1) is 0 Å². The molecule has 7 heteroatoms. The van der Waals surface area contributed by atoms with Crippen LogP contribution in [0.2, 0.25) is 0 Å². The third kappa shape index (κ3) is 4.04. The summed E-state index contributed by atoms with van der Waals surface area (Å²) >= 11 is 0. The van der Waals surface area contributed by atoms with Gasteiger partial charge in [-0.25, -0.2) is 14.8 Å². The molecule has 24 heavy (non-hydrogen) atoms. The largest absolute Gasteiger partial charge is 0.467 e. The highest BCUT2D eigenvalue weighted by Crippen LogP contribution is 2.15. The van der Waals surface area contributed by atoms with Gasteiger partial charge >= 0.3 is 6.03 Å². The Morgan fingerprint density at radius 2 is 2.25 bits per heavy atom. The van der Waals surface area contributed by atoms with E-state index in [1.807, 2.05) is 19.1 Å². The number of rotatable bonds is 5. The van der Waals surface area contributed by atoms with Crippen molar-refractivity contribution in [3.63, 3.8) is 0 Å². The van der Waals surface area contributed by atoms with E-state index in [0.717, 1.165) is 37.6 Å². The highest BCUT2D eigenvalue weighted by Gasteiger charge is 2.24. The smallest absolute Gasteiger partial charge is 0.318 e. The number of carbonyl (C=O) groups excluding carboxylic acids is 1. The van der Waals surface area contributed by atoms with Gasteiger partial charge in [-0.05, 0) is 38.0 Å². The van der Waals surface area contributed by atoms with Crippen molar-refractivity contribution in [2.75, 3.05) is 24.5 Å². The minimum Gasteiger partial charge on any atom is -0.467 e. The standard InChI is InChI=1S/C17H23N5O2/c1-2-21(13-15-7-4-11-24-15)17(23)20-14-6-3-10-22(12-14)16-18-8-5-9-19-16/h4-5,7-9,11,14H,2-3,6,10,12-13H2,1H3,(H,20,23)/t14-/m0/s1. The summed E-state index contributed by atoms with van der Waals surface area (Å²) in [4.78, 5) is 25.0. The summed E-state index contributed by atoms with van der Waals surface area (Å²) in [6.07, 6.45) is 7.08. The molecule has 1 fully saturated rings. The molecule has 2 aromatic rings. The first-order valence-corrected chi connectivity index (χ1v) is 8.36. The molecule has 1 atom stereocenters. The van der Waals surface area contributed by atoms with Gasteiger partial charge in [0.1, 0.15) is 5.76 Å². The highest BCUT2D eigenvalue weighted by molar-refractivity contribution is 5.74. The molecule has 0 saturated carbocycles. The molecule has 2 aromatic heterocycles. The van der Waals surface area contributed by atoms with Gasteiger partial charge in [-0.1, -0.05) is 0 Å². The van der Waals surface area contributed by atoms with Gasteiger partial charge in [0.05, 0.1) is 12.8 Å². The van der Waals surface area contributed by atoms with Crippen molar-refractivity contribution < 1.29 is 9.21 Å². The van der Waals surface area contributed by atoms with Gasteiger partial charge in [-0.2, -0.15) is 0 Å². The zero-order valence-corrected chi connectivity index (χ0v) is 13.9. The van der Waals surface area contributed by atoms with Crippen molar-refractivity contribution in [3.05, 3.63) is 42.6 Å². The van der Waals surface area contributed by atoms with Gasteiger partial charge in [0.25, 0.3) is 0 Å². The minimum atomic E-state index is -0.0604. The van der Waals surface area contributed by atoms with E-state index >= 15 is 0 Å². The van der Waals surface area contributed by atoms with Gasteiger partial charge in [-0.3, -0.25) is 0 Å². The van der Waals surface area contributed by atoms with Crippen molar-refractivity contribution in [1.29, 1.82) is 0 Å². The second-order valence-electron chi connectivity index (χ2n) is 5.88. The van der Waals surface area contributed by atoms with E-state index in [-0.39, 0.29) is 12.1 Å². The zero-order chi connectivity index (χ0) is 16.8. The van der Waals surface area contributed by atoms with Gasteiger partial charge in [0.15, 0.2) is 0 Å². The van der Waals surface area contributed by atoms with Gasteiger partial charge in [0.2, 0.25) is 5.95 Å². The first kappa shape index (κ1) is 16.3. The molecule has 0 aliphatic carbocycles. The second kappa shape index (κ2) is 7.81. The predicted molar refractivity (Wildman–Crippen MR) is 90.6 cm³/mol. The molecule has 0 bridgehead atoms. The van der Waals surface area contributed by atoms with E-state index in [1.165, 1.54) is 0 Å². The molecule has 3 rings (SSSR count). The third-order valence-electron chi connectivity index (χ3n) is 4.18. The number of hydrogen-bond donors (Lipinski definition) is 1. The molecule has 0 radical (unpaired) electrons. The molecule has 3 heterocycles. The van der Waals surface area contributed by atoms with Crippen LogP contribution in [0.3, 0.4) is 0 Å². The first-order valence-electron chi connectivity index (χ1n) is 8.36. The molecule has 7 nitrogen and oxygen atoms in total. The fraction of sp³-hybridized carbons (Fsp3) is 0.471. The maximum Gasteiger partial charge on any atom is 0.318 e. The van der Waals surface area contributed by atoms with Crippen molar-refractivity contribution in [2.24, 2.45) is 0 Å². The summed E-state index contributed by atoms with van der Waals surface area (Å²) in [6, 6.07) is 5.56. The molecule has 1 aliphatic heterocycles. The first-order chi connectivity index (χ1) is 11.8. The van der Waals surface area contributed by atoms with E-state index in [1.54, 1.807) is 29.6 Å². The van der Waals surface area contributed by atoms with Crippen molar-refractivity contribution in [1.82, 2.24) is 20.2 Å². The molecule has 0 unspecified atom stereocenters. The second-order valence-corrected chi connectivity index (χ2v) is 5.88. The topological polar surface area (TPSA) is 74.5 Å². The number of anilines is 1. The van der Waals surface area contributed by atoms with Crippen LogP contribution >= 0.6 is 0 Å². The van der Waals surface area contributed by atoms with Crippen LogP contribution in [-0.4, -0.2) is 46.6 Å². The Balaban J connectivity index is 1.57. The Bertz CT molecular complexity index is 632. The zero-order valence-electron chi connectivity index (χ0n) is 13.9. The predicted octanol–water partition coefficient (Wildman–Crippen LogP) is 2.27. The van der Waals surface area contributed by atoms with Crippen LogP contribution < -0.4 is 10.2 Å². The SMILES string of the molecule is CCN(Cc1ccco1)C(=O)N[C@H]1CCCN(c2ncccn2)C1. The van der Waals surface area contributed by atoms with E-state index in [0.29, 0.717) is 13.1 Å². The lowest BCUT2D eigenvalue weighted by Gasteiger charge is -2.34. The Morgan fingerprint density at radius 3 is 2.96 bits per heavy atom. The van der Waals surface area contributed by atoms with Crippen LogP contribution in [0.1, 0.15) is 25.5 Å². The van der Waals surface area contributed by atoms with Crippen LogP contribution in [0.15, 0.2) is 41.3 Å². The lowest BCUT2D eigenvalue weighted by atomic mass is 10.1. The Kier molecular flexibility index (Phi) is 5.30. The lowest BCUT2D eigenvalue weighted by Crippen LogP contribution is -2.51. The number of carbonyl (C=O) groups is 1. The number of nitrogens with zero attached hydrogens (tertiary/aromatic N) is 4. The average molecular weight is 329 g/mol. The number of furan rings is 1. The van der Waals surface area contributed by atoms with E-state index in [9.17, 15) is 4.79 Å². The average Bonchev–Trinajstić information content (AvgIpc) is 3.14. The molecular weight excluding hydrogens is 306 g/mol. The Labute approximate surface area is 141 Å². The molecule has 0 aromatic carbocycles. The summed E-state index contributed by atoms with van der Waals surface area (Å²) in [6.45, 7) is 4.72. The summed E-state index contributed by atoms with van der Waals surface area (Å²) in [5.41, 5.74) is 0. The van der Waals surface area contributed by atoms with Crippen molar-refractivity contribution >= 4 is 12.0 Å². The number of piperidine rings is 1. The van der Waals surface area contributed by atoms with Crippen LogP contribution in [0.25, 0.3) is 0 Å². The van der Waals surface area contributed by atoms with E-state index < -0.39 is 0 Å². The molecule has 1 saturated heterocycles. The molecule has 1 aliphatic rings. The Hall–Kier alpha value is -2.57. The quantitative estimate of drug-likeness (QED) is 0.911. The van der Waals surface area contributed by atoms with Gasteiger partial charge in [0, 0.05) is 38.1 Å². The van der Waals surface area contributed by atoms with E-state index in [2.05, 4.69) is 20.2 Å². The summed E-state index contributed by atoms with van der Waals surface area (Å²) in [5, 5.41) is 3.13. The summed E-state index contributed by atoms with van der Waals surface area (Å²) in [5.74, 6) is 1.51.